The molecular weight excluding hydrogens is 422 g/mol. The van der Waals surface area contributed by atoms with Crippen LogP contribution in [0.4, 0.5) is 0 Å². The lowest BCUT2D eigenvalue weighted by Gasteiger charge is -2.30. The molecule has 0 fully saturated rings. The van der Waals surface area contributed by atoms with Crippen LogP contribution in [0.2, 0.25) is 0 Å². The molecule has 0 saturated carbocycles. The number of quaternary nitrogens is 1. The number of thiocarbonyl (C=S) groups is 1. The van der Waals surface area contributed by atoms with Crippen LogP contribution in [0, 0.1) is 0 Å². The predicted molar refractivity (Wildman–Crippen MR) is 127 cm³/mol. The molecule has 158 valence electrons. The van der Waals surface area contributed by atoms with Crippen molar-refractivity contribution in [2.24, 2.45) is 0 Å². The van der Waals surface area contributed by atoms with Crippen molar-refractivity contribution in [1.82, 2.24) is 0 Å². The second-order valence-electron chi connectivity index (χ2n) is 8.42. The van der Waals surface area contributed by atoms with E-state index >= 15 is 0 Å². The van der Waals surface area contributed by atoms with E-state index in [2.05, 4.69) is 52.2 Å². The lowest BCUT2D eigenvalue weighted by molar-refractivity contribution is -0.903. The molecule has 0 heterocycles. The van der Waals surface area contributed by atoms with Crippen LogP contribution in [0.5, 0.6) is 0 Å². The van der Waals surface area contributed by atoms with E-state index in [0.29, 0.717) is 17.4 Å². The lowest BCUT2D eigenvalue weighted by Crippen LogP contribution is -2.40. The molecular formula is C22H30NO3S3+. The minimum Gasteiger partial charge on any atom is -0.325 e. The van der Waals surface area contributed by atoms with Crippen LogP contribution >= 0.6 is 24.0 Å². The van der Waals surface area contributed by atoms with E-state index in [-0.39, 0.29) is 10.5 Å². The predicted octanol–water partition coefficient (Wildman–Crippen LogP) is 4.88. The normalized spacial score (nSPS) is 12.7. The molecule has 4 nitrogen and oxygen atoms in total. The zero-order valence-electron chi connectivity index (χ0n) is 17.5. The molecule has 0 bridgehead atoms. The van der Waals surface area contributed by atoms with Crippen LogP contribution in [-0.4, -0.2) is 48.0 Å². The van der Waals surface area contributed by atoms with Gasteiger partial charge in [0.15, 0.2) is 0 Å². The molecule has 0 amide bonds. The van der Waals surface area contributed by atoms with E-state index in [0.717, 1.165) is 16.3 Å². The minimum atomic E-state index is -3.89. The van der Waals surface area contributed by atoms with E-state index < -0.39 is 10.1 Å². The van der Waals surface area contributed by atoms with Crippen LogP contribution in [0.1, 0.15) is 37.0 Å². The average molecular weight is 453 g/mol. The summed E-state index contributed by atoms with van der Waals surface area (Å²) in [6.07, 6.45) is 0.435. The van der Waals surface area contributed by atoms with E-state index in [1.54, 1.807) is 11.8 Å². The first kappa shape index (κ1) is 24.0. The van der Waals surface area contributed by atoms with Gasteiger partial charge in [0.1, 0.15) is 6.54 Å². The van der Waals surface area contributed by atoms with Crippen LogP contribution in [0.15, 0.2) is 54.6 Å². The van der Waals surface area contributed by atoms with Crippen LogP contribution < -0.4 is 0 Å². The molecule has 0 spiro atoms. The van der Waals surface area contributed by atoms with Crippen molar-refractivity contribution < 1.29 is 17.5 Å². The van der Waals surface area contributed by atoms with E-state index in [9.17, 15) is 8.42 Å². The van der Waals surface area contributed by atoms with Gasteiger partial charge in [0.25, 0.3) is 10.1 Å². The number of benzene rings is 2. The molecule has 7 heteroatoms. The fourth-order valence-electron chi connectivity index (χ4n) is 3.18. The van der Waals surface area contributed by atoms with Gasteiger partial charge in [-0.3, -0.25) is 4.55 Å². The smallest absolute Gasteiger partial charge is 0.265 e. The summed E-state index contributed by atoms with van der Waals surface area (Å²) in [6, 6.07) is 18.6. The summed E-state index contributed by atoms with van der Waals surface area (Å²) in [5.41, 5.74) is 3.47. The Labute approximate surface area is 184 Å². The minimum absolute atomic E-state index is 0.148. The van der Waals surface area contributed by atoms with E-state index in [1.807, 2.05) is 30.3 Å². The van der Waals surface area contributed by atoms with Gasteiger partial charge in [0.2, 0.25) is 0 Å². The van der Waals surface area contributed by atoms with Gasteiger partial charge in [-0.25, -0.2) is 0 Å². The summed E-state index contributed by atoms with van der Waals surface area (Å²) in [5.74, 6) is -0.194. The highest BCUT2D eigenvalue weighted by Crippen LogP contribution is 2.38. The summed E-state index contributed by atoms with van der Waals surface area (Å²) in [5, 5.41) is 0. The number of hydrogen-bond acceptors (Lipinski definition) is 4. The van der Waals surface area contributed by atoms with Gasteiger partial charge < -0.3 is 4.48 Å². The van der Waals surface area contributed by atoms with Gasteiger partial charge in [-0.15, -0.1) is 11.8 Å². The summed E-state index contributed by atoms with van der Waals surface area (Å²) in [4.78, 5) is 0. The molecule has 2 aromatic carbocycles. The van der Waals surface area contributed by atoms with E-state index in [1.165, 1.54) is 11.1 Å². The number of nitrogens with zero attached hydrogens (tertiary/aromatic N) is 1. The highest BCUT2D eigenvalue weighted by atomic mass is 32.2. The largest absolute Gasteiger partial charge is 0.325 e. The maximum absolute atomic E-state index is 10.9. The Hall–Kier alpha value is -1.25. The Bertz CT molecular complexity index is 922. The Morgan fingerprint density at radius 2 is 1.66 bits per heavy atom. The third kappa shape index (κ3) is 8.18. The second-order valence-corrected chi connectivity index (χ2v) is 12.3. The molecule has 0 radical (unpaired) electrons. The fraction of sp³-hybridized carbons (Fsp3) is 0.409. The molecule has 0 unspecified atom stereocenters. The molecule has 0 saturated heterocycles. The molecule has 29 heavy (non-hydrogen) atoms. The molecule has 2 aromatic rings. The third-order valence-electron chi connectivity index (χ3n) is 4.78. The zero-order chi connectivity index (χ0) is 21.7. The Morgan fingerprint density at radius 3 is 2.21 bits per heavy atom. The molecule has 0 aromatic heterocycles. The van der Waals surface area contributed by atoms with Crippen LogP contribution in [-0.2, 0) is 21.4 Å². The fourth-order valence-corrected chi connectivity index (χ4v) is 5.41. The first-order valence-corrected chi connectivity index (χ1v) is 12.4. The molecule has 0 aliphatic carbocycles. The van der Waals surface area contributed by atoms with Gasteiger partial charge in [-0.1, -0.05) is 66.8 Å². The highest BCUT2D eigenvalue weighted by Gasteiger charge is 2.24. The quantitative estimate of drug-likeness (QED) is 0.334. The zero-order valence-corrected chi connectivity index (χ0v) is 19.9. The summed E-state index contributed by atoms with van der Waals surface area (Å²) < 4.78 is 32.1. The van der Waals surface area contributed by atoms with E-state index in [4.69, 9.17) is 16.8 Å². The Kier molecular flexibility index (Phi) is 8.04. The van der Waals surface area contributed by atoms with Crippen molar-refractivity contribution in [2.45, 2.75) is 31.6 Å². The van der Waals surface area contributed by atoms with Crippen molar-refractivity contribution in [3.05, 3.63) is 71.3 Å². The van der Waals surface area contributed by atoms with Crippen molar-refractivity contribution >= 4 is 38.3 Å². The molecule has 0 atom stereocenters. The van der Waals surface area contributed by atoms with Gasteiger partial charge in [0.05, 0.1) is 30.6 Å². The third-order valence-corrected chi connectivity index (χ3v) is 7.24. The maximum atomic E-state index is 10.9. The van der Waals surface area contributed by atoms with Gasteiger partial charge in [-0.05, 0) is 25.0 Å². The maximum Gasteiger partial charge on any atom is 0.265 e. The van der Waals surface area contributed by atoms with Crippen molar-refractivity contribution in [1.29, 1.82) is 0 Å². The number of thioether (sulfide) groups is 1. The SMILES string of the molecule is CC(C)(SC(=S)c1ccccc1)c1ccc(C[N+](C)(C)CCCS(=O)(=O)O)cc1. The van der Waals surface area contributed by atoms with Gasteiger partial charge >= 0.3 is 0 Å². The summed E-state index contributed by atoms with van der Waals surface area (Å²) >= 11 is 7.32. The van der Waals surface area contributed by atoms with Crippen LogP contribution in [0.25, 0.3) is 0 Å². The summed E-state index contributed by atoms with van der Waals surface area (Å²) in [6.45, 7) is 5.82. The van der Waals surface area contributed by atoms with Crippen molar-refractivity contribution in [3.8, 4) is 0 Å². The number of rotatable bonds is 9. The topological polar surface area (TPSA) is 54.4 Å². The molecule has 1 N–H and O–H groups in total. The molecule has 0 aliphatic rings. The second kappa shape index (κ2) is 9.71. The highest BCUT2D eigenvalue weighted by molar-refractivity contribution is 8.24. The van der Waals surface area contributed by atoms with Gasteiger partial charge in [0, 0.05) is 16.7 Å². The molecule has 2 rings (SSSR count). The lowest BCUT2D eigenvalue weighted by atomic mass is 10.0. The number of hydrogen-bond donors (Lipinski definition) is 1. The Morgan fingerprint density at radius 1 is 1.07 bits per heavy atom. The Balaban J connectivity index is 2.00. The van der Waals surface area contributed by atoms with Gasteiger partial charge in [-0.2, -0.15) is 8.42 Å². The standard InChI is InChI=1S/C22H29NO3S3/c1-22(2,28-21(27)19-9-6-5-7-10-19)20-13-11-18(12-14-20)17-23(3,4)15-8-16-29(24,25)26/h5-7,9-14H,8,15-17H2,1-4H3/p+1. The van der Waals surface area contributed by atoms with Crippen LogP contribution in [0.3, 0.4) is 0 Å². The average Bonchev–Trinajstić information content (AvgIpc) is 2.61. The summed E-state index contributed by atoms with van der Waals surface area (Å²) in [7, 11) is 0.237. The molecule has 0 aliphatic heterocycles. The first-order valence-electron chi connectivity index (χ1n) is 9.53. The van der Waals surface area contributed by atoms with Crippen molar-refractivity contribution in [3.63, 3.8) is 0 Å². The van der Waals surface area contributed by atoms with Crippen molar-refractivity contribution in [2.75, 3.05) is 26.4 Å². The first-order chi connectivity index (χ1) is 13.4. The monoisotopic (exact) mass is 452 g/mol.